The number of aliphatic hydroxyl groups excluding tert-OH is 1. The van der Waals surface area contributed by atoms with E-state index in [-0.39, 0.29) is 22.7 Å². The average molecular weight is 348 g/mol. The predicted molar refractivity (Wildman–Crippen MR) is 95.6 cm³/mol. The van der Waals surface area contributed by atoms with Gasteiger partial charge in [-0.25, -0.2) is 0 Å². The molecule has 0 amide bonds. The lowest BCUT2D eigenvalue weighted by Crippen LogP contribution is -2.61. The molecular weight excluding hydrogens is 316 g/mol. The Morgan fingerprint density at radius 3 is 2.56 bits per heavy atom. The molecule has 1 heterocycles. The molecule has 0 aromatic carbocycles. The van der Waals surface area contributed by atoms with Gasteiger partial charge >= 0.3 is 0 Å². The van der Waals surface area contributed by atoms with Crippen molar-refractivity contribution in [2.24, 2.45) is 28.6 Å². The number of fused-ring (bicyclic) bond motifs is 2. The Labute approximate surface area is 151 Å². The lowest BCUT2D eigenvalue weighted by Gasteiger charge is -2.59. The van der Waals surface area contributed by atoms with Crippen LogP contribution in [0.25, 0.3) is 0 Å². The van der Waals surface area contributed by atoms with Crippen LogP contribution in [0, 0.1) is 40.4 Å². The summed E-state index contributed by atoms with van der Waals surface area (Å²) in [7, 11) is 0. The summed E-state index contributed by atoms with van der Waals surface area (Å²) in [5, 5.41) is 11.2. The van der Waals surface area contributed by atoms with Crippen LogP contribution in [0.2, 0.25) is 0 Å². The second-order valence-electron chi connectivity index (χ2n) is 8.55. The fourth-order valence-corrected chi connectivity index (χ4v) is 6.15. The van der Waals surface area contributed by atoms with Gasteiger partial charge in [-0.1, -0.05) is 20.8 Å². The molecular formula is C21H32O4. The maximum Gasteiger partial charge on any atom is 0.172 e. The number of hydrogen-bond donors (Lipinski definition) is 1. The average Bonchev–Trinajstić information content (AvgIpc) is 3.22. The SMILES string of the molecule is CC#CC[C@@H](O)[C@]1(C)[C@H](C)CC[C@@]2([C@H](C)C=O)CCC3(OCCO3)[C@H]21. The van der Waals surface area contributed by atoms with E-state index in [0.29, 0.717) is 25.6 Å². The predicted octanol–water partition coefficient (Wildman–Crippen LogP) is 3.17. The quantitative estimate of drug-likeness (QED) is 0.626. The van der Waals surface area contributed by atoms with Crippen LogP contribution in [0.5, 0.6) is 0 Å². The Kier molecular flexibility index (Phi) is 5.05. The zero-order chi connectivity index (χ0) is 18.3. The van der Waals surface area contributed by atoms with Gasteiger partial charge in [0.15, 0.2) is 5.79 Å². The molecule has 0 aromatic rings. The highest BCUT2D eigenvalue weighted by Gasteiger charge is 2.71. The van der Waals surface area contributed by atoms with Gasteiger partial charge in [0.25, 0.3) is 0 Å². The molecule has 3 rings (SSSR count). The number of carbonyl (C=O) groups is 1. The summed E-state index contributed by atoms with van der Waals surface area (Å²) in [4.78, 5) is 11.8. The second-order valence-corrected chi connectivity index (χ2v) is 8.55. The lowest BCUT2D eigenvalue weighted by atomic mass is 9.47. The van der Waals surface area contributed by atoms with Gasteiger partial charge in [0.05, 0.1) is 19.3 Å². The van der Waals surface area contributed by atoms with E-state index in [2.05, 4.69) is 25.7 Å². The maximum absolute atomic E-state index is 11.8. The van der Waals surface area contributed by atoms with Crippen molar-refractivity contribution >= 4 is 6.29 Å². The van der Waals surface area contributed by atoms with Gasteiger partial charge < -0.3 is 19.4 Å². The molecule has 0 aromatic heterocycles. The van der Waals surface area contributed by atoms with E-state index < -0.39 is 11.9 Å². The van der Waals surface area contributed by atoms with E-state index in [1.807, 2.05) is 6.92 Å². The molecule has 0 bridgehead atoms. The minimum atomic E-state index is -0.651. The maximum atomic E-state index is 11.8. The number of ether oxygens (including phenoxy) is 2. The van der Waals surface area contributed by atoms with Gasteiger partial charge in [0.2, 0.25) is 0 Å². The van der Waals surface area contributed by atoms with Crippen molar-refractivity contribution in [3.8, 4) is 11.8 Å². The number of aliphatic hydroxyl groups is 1. The van der Waals surface area contributed by atoms with Gasteiger partial charge in [-0.15, -0.1) is 11.8 Å². The molecule has 140 valence electrons. The Hall–Kier alpha value is -0.890. The van der Waals surface area contributed by atoms with Crippen molar-refractivity contribution in [2.75, 3.05) is 13.2 Å². The summed E-state index contributed by atoms with van der Waals surface area (Å²) < 4.78 is 12.4. The Morgan fingerprint density at radius 2 is 1.96 bits per heavy atom. The van der Waals surface area contributed by atoms with Gasteiger partial charge in [-0.2, -0.15) is 0 Å². The third-order valence-electron chi connectivity index (χ3n) is 7.76. The van der Waals surface area contributed by atoms with Crippen LogP contribution in [-0.4, -0.2) is 36.5 Å². The van der Waals surface area contributed by atoms with Crippen LogP contribution in [0.3, 0.4) is 0 Å². The fourth-order valence-electron chi connectivity index (χ4n) is 6.15. The monoisotopic (exact) mass is 348 g/mol. The zero-order valence-corrected chi connectivity index (χ0v) is 16.0. The van der Waals surface area contributed by atoms with Gasteiger partial charge in [0.1, 0.15) is 6.29 Å². The van der Waals surface area contributed by atoms with Crippen LogP contribution >= 0.6 is 0 Å². The van der Waals surface area contributed by atoms with E-state index >= 15 is 0 Å². The standard InChI is InChI=1S/C21H32O4/c1-5-6-7-17(23)19(4)15(2)8-9-20(16(3)14-22)10-11-21(18(19)20)24-12-13-25-21/h14-18,23H,7-13H2,1-4H3/t15-,16-,17-,18+,19+,20+/m1/s1. The van der Waals surface area contributed by atoms with Gasteiger partial charge in [-0.3, -0.25) is 0 Å². The second kappa shape index (κ2) is 6.68. The molecule has 1 spiro atoms. The number of hydrogen-bond acceptors (Lipinski definition) is 4. The molecule has 2 aliphatic carbocycles. The first-order chi connectivity index (χ1) is 11.9. The third-order valence-corrected chi connectivity index (χ3v) is 7.76. The Balaban J connectivity index is 2.11. The topological polar surface area (TPSA) is 55.8 Å². The molecule has 2 saturated carbocycles. The number of aldehydes is 1. The summed E-state index contributed by atoms with van der Waals surface area (Å²) in [6, 6.07) is 0. The Bertz CT molecular complexity index is 570. The molecule has 4 nitrogen and oxygen atoms in total. The van der Waals surface area contributed by atoms with Crippen molar-refractivity contribution in [3.05, 3.63) is 0 Å². The zero-order valence-electron chi connectivity index (χ0n) is 16.0. The molecule has 4 heteroatoms. The smallest absolute Gasteiger partial charge is 0.172 e. The van der Waals surface area contributed by atoms with Crippen molar-refractivity contribution < 1.29 is 19.4 Å². The van der Waals surface area contributed by atoms with E-state index in [9.17, 15) is 9.90 Å². The van der Waals surface area contributed by atoms with Gasteiger partial charge in [0, 0.05) is 30.1 Å². The summed E-state index contributed by atoms with van der Waals surface area (Å²) in [6.45, 7) is 9.42. The van der Waals surface area contributed by atoms with Crippen molar-refractivity contribution in [1.82, 2.24) is 0 Å². The molecule has 6 atom stereocenters. The highest BCUT2D eigenvalue weighted by molar-refractivity contribution is 5.55. The largest absolute Gasteiger partial charge is 0.392 e. The van der Waals surface area contributed by atoms with E-state index in [1.165, 1.54) is 0 Å². The van der Waals surface area contributed by atoms with Crippen LogP contribution in [-0.2, 0) is 14.3 Å². The Morgan fingerprint density at radius 1 is 1.28 bits per heavy atom. The highest BCUT2D eigenvalue weighted by Crippen LogP contribution is 2.69. The summed E-state index contributed by atoms with van der Waals surface area (Å²) in [5.74, 6) is 5.57. The molecule has 1 saturated heterocycles. The minimum Gasteiger partial charge on any atom is -0.392 e. The molecule has 1 N–H and O–H groups in total. The molecule has 3 fully saturated rings. The van der Waals surface area contributed by atoms with Crippen LogP contribution in [0.15, 0.2) is 0 Å². The fraction of sp³-hybridized carbons (Fsp3) is 0.857. The first kappa shape index (κ1) is 18.9. The van der Waals surface area contributed by atoms with Crippen molar-refractivity contribution in [1.29, 1.82) is 0 Å². The van der Waals surface area contributed by atoms with Crippen molar-refractivity contribution in [3.63, 3.8) is 0 Å². The van der Waals surface area contributed by atoms with Crippen LogP contribution in [0.1, 0.15) is 59.8 Å². The first-order valence-corrected chi connectivity index (χ1v) is 9.68. The molecule has 25 heavy (non-hydrogen) atoms. The van der Waals surface area contributed by atoms with Crippen molar-refractivity contribution in [2.45, 2.75) is 71.7 Å². The third kappa shape index (κ3) is 2.59. The molecule has 0 radical (unpaired) electrons. The van der Waals surface area contributed by atoms with Gasteiger partial charge in [-0.05, 0) is 37.5 Å². The normalized spacial score (nSPS) is 41.6. The van der Waals surface area contributed by atoms with E-state index in [4.69, 9.17) is 9.47 Å². The molecule has 0 unspecified atom stereocenters. The van der Waals surface area contributed by atoms with Crippen LogP contribution < -0.4 is 0 Å². The number of carbonyl (C=O) groups excluding carboxylic acids is 1. The molecule has 1 aliphatic heterocycles. The van der Waals surface area contributed by atoms with E-state index in [1.54, 1.807) is 6.92 Å². The summed E-state index contributed by atoms with van der Waals surface area (Å²) >= 11 is 0. The molecule has 3 aliphatic rings. The first-order valence-electron chi connectivity index (χ1n) is 9.68. The van der Waals surface area contributed by atoms with Crippen LogP contribution in [0.4, 0.5) is 0 Å². The summed E-state index contributed by atoms with van der Waals surface area (Å²) in [5.41, 5.74) is -0.547. The number of rotatable bonds is 4. The summed E-state index contributed by atoms with van der Waals surface area (Å²) in [6.07, 6.45) is 4.73. The van der Waals surface area contributed by atoms with E-state index in [0.717, 1.165) is 32.0 Å². The highest BCUT2D eigenvalue weighted by atomic mass is 16.7. The minimum absolute atomic E-state index is 0.00704. The lowest BCUT2D eigenvalue weighted by molar-refractivity contribution is -0.263.